The van der Waals surface area contributed by atoms with Crippen molar-refractivity contribution in [1.82, 2.24) is 14.3 Å². The van der Waals surface area contributed by atoms with E-state index in [9.17, 15) is 25.6 Å². The molecule has 1 aromatic carbocycles. The summed E-state index contributed by atoms with van der Waals surface area (Å²) in [6.45, 7) is 0.582. The highest BCUT2D eigenvalue weighted by atomic mass is 32.2. The number of sulfonamides is 1. The third kappa shape index (κ3) is 6.33. The van der Waals surface area contributed by atoms with Gasteiger partial charge in [0.25, 0.3) is 0 Å². The number of pyridine rings is 2. The van der Waals surface area contributed by atoms with Gasteiger partial charge in [-0.05, 0) is 36.6 Å². The summed E-state index contributed by atoms with van der Waals surface area (Å²) in [5, 5.41) is -0.270. The number of ether oxygens (including phenoxy) is 2. The van der Waals surface area contributed by atoms with E-state index in [0.29, 0.717) is 37.1 Å². The molecule has 0 aliphatic carbocycles. The largest absolute Gasteiger partial charge is 0.490 e. The fraction of sp³-hybridized carbons (Fsp3) is 0.304. The minimum atomic E-state index is -3.72. The molecule has 0 spiro atoms. The van der Waals surface area contributed by atoms with Crippen LogP contribution >= 0.6 is 0 Å². The summed E-state index contributed by atoms with van der Waals surface area (Å²) in [6, 6.07) is 7.64. The monoisotopic (exact) mass is 539 g/mol. The molecule has 0 amide bonds. The smallest absolute Gasteiger partial charge is 0.224 e. The SMILES string of the molecule is CS(=O)(=O)c1cc(OC2CCN(S(C)(=O)=O)CC2)cc(Oc2cncc(-c3ccc(F)c(F)c3)c2)n1. The fourth-order valence-electron chi connectivity index (χ4n) is 3.67. The highest BCUT2D eigenvalue weighted by molar-refractivity contribution is 7.90. The van der Waals surface area contributed by atoms with Crippen LogP contribution in [0.1, 0.15) is 12.8 Å². The Labute approximate surface area is 207 Å². The normalized spacial score (nSPS) is 15.6. The van der Waals surface area contributed by atoms with Gasteiger partial charge in [0, 0.05) is 43.2 Å². The van der Waals surface area contributed by atoms with Crippen LogP contribution in [0.25, 0.3) is 11.1 Å². The predicted octanol–water partition coefficient (Wildman–Crippen LogP) is 3.42. The predicted molar refractivity (Wildman–Crippen MR) is 127 cm³/mol. The Morgan fingerprint density at radius 3 is 2.25 bits per heavy atom. The fourth-order valence-corrected chi connectivity index (χ4v) is 5.13. The van der Waals surface area contributed by atoms with Gasteiger partial charge in [0.1, 0.15) is 17.6 Å². The number of rotatable bonds is 7. The van der Waals surface area contributed by atoms with E-state index in [2.05, 4.69) is 9.97 Å². The summed E-state index contributed by atoms with van der Waals surface area (Å²) in [6.07, 6.45) is 5.48. The zero-order chi connectivity index (χ0) is 26.1. The first-order chi connectivity index (χ1) is 16.9. The van der Waals surface area contributed by atoms with Crippen LogP contribution in [0.2, 0.25) is 0 Å². The van der Waals surface area contributed by atoms with Gasteiger partial charge >= 0.3 is 0 Å². The average molecular weight is 540 g/mol. The molecule has 0 saturated carbocycles. The van der Waals surface area contributed by atoms with Gasteiger partial charge < -0.3 is 9.47 Å². The maximum atomic E-state index is 13.6. The van der Waals surface area contributed by atoms with Crippen molar-refractivity contribution >= 4 is 19.9 Å². The third-order valence-corrected chi connectivity index (χ3v) is 7.77. The molecule has 9 nitrogen and oxygen atoms in total. The van der Waals surface area contributed by atoms with Crippen molar-refractivity contribution in [2.45, 2.75) is 24.0 Å². The quantitative estimate of drug-likeness (QED) is 0.449. The highest BCUT2D eigenvalue weighted by Gasteiger charge is 2.26. The van der Waals surface area contributed by atoms with Crippen molar-refractivity contribution in [3.05, 3.63) is 60.4 Å². The van der Waals surface area contributed by atoms with Crippen molar-refractivity contribution in [1.29, 1.82) is 0 Å². The second-order valence-electron chi connectivity index (χ2n) is 8.37. The lowest BCUT2D eigenvalue weighted by molar-refractivity contribution is 0.134. The van der Waals surface area contributed by atoms with Crippen molar-refractivity contribution in [2.75, 3.05) is 25.6 Å². The van der Waals surface area contributed by atoms with E-state index in [-0.39, 0.29) is 28.5 Å². The summed E-state index contributed by atoms with van der Waals surface area (Å²) in [5.74, 6) is -1.68. The molecule has 1 aliphatic heterocycles. The van der Waals surface area contributed by atoms with E-state index >= 15 is 0 Å². The molecule has 36 heavy (non-hydrogen) atoms. The lowest BCUT2D eigenvalue weighted by Gasteiger charge is -2.30. The third-order valence-electron chi connectivity index (χ3n) is 5.49. The lowest BCUT2D eigenvalue weighted by atomic mass is 10.1. The van der Waals surface area contributed by atoms with E-state index < -0.39 is 31.5 Å². The number of halogens is 2. The van der Waals surface area contributed by atoms with Gasteiger partial charge in [-0.1, -0.05) is 6.07 Å². The molecule has 13 heteroatoms. The van der Waals surface area contributed by atoms with Crippen LogP contribution in [0.5, 0.6) is 17.4 Å². The maximum absolute atomic E-state index is 13.6. The molecular formula is C23H23F2N3O6S2. The summed E-state index contributed by atoms with van der Waals surface area (Å²) < 4.78 is 87.9. The minimum absolute atomic E-state index is 0.0780. The highest BCUT2D eigenvalue weighted by Crippen LogP contribution is 2.30. The maximum Gasteiger partial charge on any atom is 0.224 e. The molecule has 1 aliphatic rings. The van der Waals surface area contributed by atoms with Gasteiger partial charge in [0.2, 0.25) is 15.9 Å². The zero-order valence-corrected chi connectivity index (χ0v) is 21.0. The second-order valence-corrected chi connectivity index (χ2v) is 12.3. The van der Waals surface area contributed by atoms with Crippen molar-refractivity contribution < 1.29 is 35.1 Å². The van der Waals surface area contributed by atoms with Crippen LogP contribution < -0.4 is 9.47 Å². The number of benzene rings is 1. The Morgan fingerprint density at radius 2 is 1.61 bits per heavy atom. The Kier molecular flexibility index (Phi) is 7.25. The summed E-state index contributed by atoms with van der Waals surface area (Å²) in [7, 11) is -7.02. The van der Waals surface area contributed by atoms with Crippen molar-refractivity contribution in [3.8, 4) is 28.5 Å². The Hall–Kier alpha value is -3.16. The molecule has 192 valence electrons. The summed E-state index contributed by atoms with van der Waals surface area (Å²) in [5.41, 5.74) is 0.814. The number of hydrogen-bond acceptors (Lipinski definition) is 8. The molecule has 0 bridgehead atoms. The number of aromatic nitrogens is 2. The molecular weight excluding hydrogens is 516 g/mol. The Balaban J connectivity index is 1.57. The molecule has 0 atom stereocenters. The Bertz CT molecular complexity index is 1490. The number of sulfone groups is 1. The van der Waals surface area contributed by atoms with E-state index in [4.69, 9.17) is 9.47 Å². The van der Waals surface area contributed by atoms with E-state index in [1.54, 1.807) is 0 Å². The molecule has 0 radical (unpaired) electrons. The Morgan fingerprint density at radius 1 is 0.889 bits per heavy atom. The van der Waals surface area contributed by atoms with E-state index in [1.165, 1.54) is 41.0 Å². The number of nitrogens with zero attached hydrogens (tertiary/aromatic N) is 3. The van der Waals surface area contributed by atoms with Crippen LogP contribution in [-0.4, -0.2) is 62.8 Å². The van der Waals surface area contributed by atoms with Gasteiger partial charge in [0.05, 0.1) is 12.5 Å². The van der Waals surface area contributed by atoms with Gasteiger partial charge in [0.15, 0.2) is 26.5 Å². The van der Waals surface area contributed by atoms with Crippen molar-refractivity contribution in [3.63, 3.8) is 0 Å². The van der Waals surface area contributed by atoms with Crippen LogP contribution in [-0.2, 0) is 19.9 Å². The number of hydrogen-bond donors (Lipinski definition) is 0. The van der Waals surface area contributed by atoms with Gasteiger partial charge in [-0.2, -0.15) is 0 Å². The number of piperidine rings is 1. The minimum Gasteiger partial charge on any atom is -0.490 e. The van der Waals surface area contributed by atoms with Crippen LogP contribution in [0.4, 0.5) is 8.78 Å². The second kappa shape index (κ2) is 10.1. The van der Waals surface area contributed by atoms with Crippen LogP contribution in [0.15, 0.2) is 53.8 Å². The topological polar surface area (TPSA) is 116 Å². The molecule has 4 rings (SSSR count). The molecule has 2 aromatic heterocycles. The molecule has 0 N–H and O–H groups in total. The van der Waals surface area contributed by atoms with Crippen LogP contribution in [0, 0.1) is 11.6 Å². The van der Waals surface area contributed by atoms with E-state index in [0.717, 1.165) is 24.6 Å². The van der Waals surface area contributed by atoms with E-state index in [1.807, 2.05) is 0 Å². The molecule has 0 unspecified atom stereocenters. The summed E-state index contributed by atoms with van der Waals surface area (Å²) in [4.78, 5) is 8.10. The lowest BCUT2D eigenvalue weighted by Crippen LogP contribution is -2.41. The zero-order valence-electron chi connectivity index (χ0n) is 19.4. The van der Waals surface area contributed by atoms with Gasteiger partial charge in [-0.3, -0.25) is 4.98 Å². The first-order valence-corrected chi connectivity index (χ1v) is 14.5. The first-order valence-electron chi connectivity index (χ1n) is 10.8. The van der Waals surface area contributed by atoms with Crippen molar-refractivity contribution in [2.24, 2.45) is 0 Å². The molecule has 1 fully saturated rings. The molecule has 3 aromatic rings. The standard InChI is InChI=1S/C23H23F2N3O6S2/c1-35(29,30)23-12-18(33-17-5-7-28(8-6-17)36(2,31)32)11-22(27-23)34-19-9-16(13-26-14-19)15-3-4-20(24)21(25)10-15/h3-4,9-14,17H,5-8H2,1-2H3. The summed E-state index contributed by atoms with van der Waals surface area (Å²) >= 11 is 0. The average Bonchev–Trinajstić information content (AvgIpc) is 2.80. The molecule has 3 heterocycles. The first kappa shape index (κ1) is 25.9. The molecule has 1 saturated heterocycles. The van der Waals surface area contributed by atoms with Gasteiger partial charge in [-0.25, -0.2) is 34.9 Å². The van der Waals surface area contributed by atoms with Crippen LogP contribution in [0.3, 0.4) is 0 Å². The van der Waals surface area contributed by atoms with Gasteiger partial charge in [-0.15, -0.1) is 0 Å².